The van der Waals surface area contributed by atoms with Crippen LogP contribution in [0.1, 0.15) is 32.8 Å². The van der Waals surface area contributed by atoms with Gasteiger partial charge in [0.1, 0.15) is 35.9 Å². The van der Waals surface area contributed by atoms with E-state index >= 15 is 0 Å². The molecular weight excluding hydrogens is 477 g/mol. The van der Waals surface area contributed by atoms with Gasteiger partial charge in [-0.2, -0.15) is 0 Å². The summed E-state index contributed by atoms with van der Waals surface area (Å²) in [7, 11) is 0. The van der Waals surface area contributed by atoms with Crippen molar-refractivity contribution in [2.24, 2.45) is 5.73 Å². The van der Waals surface area contributed by atoms with Crippen LogP contribution in [-0.2, 0) is 4.79 Å². The molecule has 0 aliphatic rings. The molecule has 34 heavy (non-hydrogen) atoms. The van der Waals surface area contributed by atoms with Crippen LogP contribution < -0.4 is 21.7 Å². The normalized spacial score (nSPS) is 11.9. The zero-order valence-electron chi connectivity index (χ0n) is 17.6. The Morgan fingerprint density at radius 1 is 1.21 bits per heavy atom. The molecule has 5 N–H and O–H groups in total. The summed E-state index contributed by atoms with van der Waals surface area (Å²) in [6, 6.07) is 3.86. The molecule has 3 rings (SSSR count). The standard InChI is InChI=1S/C20H19F3N6O4S/c1-9(18(25)31)29(12-4-2-10(23)3-5-12)20-27-17(24)16(34-20)15(30)14-6-13(28-33-14)19(32)26-11(7-21)8-22/h2-6,9,11H,7-8,24H2,1H3,(H2,25,31)(H,26,32)/t9-/m1/s1. The minimum absolute atomic E-state index is 0.0905. The summed E-state index contributed by atoms with van der Waals surface area (Å²) < 4.78 is 43.5. The van der Waals surface area contributed by atoms with Crippen molar-refractivity contribution in [1.29, 1.82) is 0 Å². The largest absolute Gasteiger partial charge is 0.382 e. The number of anilines is 3. The van der Waals surface area contributed by atoms with Crippen LogP contribution in [0.5, 0.6) is 0 Å². The second kappa shape index (κ2) is 10.3. The van der Waals surface area contributed by atoms with Crippen molar-refractivity contribution in [2.75, 3.05) is 24.0 Å². The van der Waals surface area contributed by atoms with Crippen molar-refractivity contribution < 1.29 is 32.1 Å². The summed E-state index contributed by atoms with van der Waals surface area (Å²) in [5.74, 6) is -3.49. The minimum atomic E-state index is -1.35. The van der Waals surface area contributed by atoms with Gasteiger partial charge in [-0.15, -0.1) is 0 Å². The fourth-order valence-electron chi connectivity index (χ4n) is 2.79. The highest BCUT2D eigenvalue weighted by atomic mass is 32.1. The maximum atomic E-state index is 13.4. The zero-order chi connectivity index (χ0) is 25.0. The van der Waals surface area contributed by atoms with E-state index in [1.165, 1.54) is 36.1 Å². The number of nitrogens with zero attached hydrogens (tertiary/aromatic N) is 3. The zero-order valence-corrected chi connectivity index (χ0v) is 18.4. The number of halogens is 3. The van der Waals surface area contributed by atoms with Crippen LogP contribution >= 0.6 is 11.3 Å². The number of hydrogen-bond acceptors (Lipinski definition) is 9. The van der Waals surface area contributed by atoms with Gasteiger partial charge in [0.15, 0.2) is 10.8 Å². The maximum Gasteiger partial charge on any atom is 0.273 e. The van der Waals surface area contributed by atoms with E-state index in [0.717, 1.165) is 17.4 Å². The number of nitrogens with one attached hydrogen (secondary N) is 1. The van der Waals surface area contributed by atoms with Crippen LogP contribution in [0.15, 0.2) is 34.9 Å². The van der Waals surface area contributed by atoms with Gasteiger partial charge in [-0.3, -0.25) is 14.4 Å². The highest BCUT2D eigenvalue weighted by Crippen LogP contribution is 2.36. The van der Waals surface area contributed by atoms with Crippen LogP contribution in [-0.4, -0.2) is 53.2 Å². The number of amides is 2. The molecule has 3 aromatic rings. The summed E-state index contributed by atoms with van der Waals surface area (Å²) in [5, 5.41) is 5.63. The summed E-state index contributed by atoms with van der Waals surface area (Å²) in [5.41, 5.74) is 11.4. The van der Waals surface area contributed by atoms with Crippen LogP contribution in [0.3, 0.4) is 0 Å². The van der Waals surface area contributed by atoms with Gasteiger partial charge in [0.25, 0.3) is 5.91 Å². The number of alkyl halides is 2. The molecule has 1 atom stereocenters. The van der Waals surface area contributed by atoms with Gasteiger partial charge < -0.3 is 26.2 Å². The van der Waals surface area contributed by atoms with Crippen molar-refractivity contribution in [3.63, 3.8) is 0 Å². The predicted octanol–water partition coefficient (Wildman–Crippen LogP) is 2.13. The number of carbonyl (C=O) groups excluding carboxylic acids is 3. The van der Waals surface area contributed by atoms with Crippen LogP contribution in [0.4, 0.5) is 29.8 Å². The Morgan fingerprint density at radius 3 is 2.44 bits per heavy atom. The molecule has 0 aliphatic heterocycles. The van der Waals surface area contributed by atoms with Crippen molar-refractivity contribution in [3.8, 4) is 0 Å². The number of hydrogen-bond donors (Lipinski definition) is 3. The van der Waals surface area contributed by atoms with Gasteiger partial charge >= 0.3 is 0 Å². The van der Waals surface area contributed by atoms with Crippen LogP contribution in [0.2, 0.25) is 0 Å². The molecule has 0 saturated heterocycles. The molecule has 0 saturated carbocycles. The fourth-order valence-corrected chi connectivity index (χ4v) is 3.83. The second-order valence-electron chi connectivity index (χ2n) is 7.02. The smallest absolute Gasteiger partial charge is 0.273 e. The molecule has 0 spiro atoms. The third kappa shape index (κ3) is 5.17. The Bertz CT molecular complexity index is 1200. The number of benzene rings is 1. The van der Waals surface area contributed by atoms with Crippen molar-refractivity contribution in [3.05, 3.63) is 52.5 Å². The highest BCUT2D eigenvalue weighted by Gasteiger charge is 2.29. The van der Waals surface area contributed by atoms with Gasteiger partial charge in [-0.05, 0) is 31.2 Å². The number of nitrogen functional groups attached to an aromatic ring is 1. The van der Waals surface area contributed by atoms with E-state index < -0.39 is 48.8 Å². The first-order valence-electron chi connectivity index (χ1n) is 9.70. The Labute approximate surface area is 194 Å². The molecule has 2 aromatic heterocycles. The predicted molar refractivity (Wildman–Crippen MR) is 117 cm³/mol. The van der Waals surface area contributed by atoms with Crippen molar-refractivity contribution >= 4 is 45.6 Å². The monoisotopic (exact) mass is 496 g/mol. The molecule has 0 fully saturated rings. The first-order chi connectivity index (χ1) is 16.2. The Balaban J connectivity index is 1.90. The first kappa shape index (κ1) is 24.7. The quantitative estimate of drug-likeness (QED) is 0.360. The molecular formula is C20H19F3N6O4S. The average molecular weight is 496 g/mol. The number of carbonyl (C=O) groups is 3. The summed E-state index contributed by atoms with van der Waals surface area (Å²) in [6.07, 6.45) is 0. The first-order valence-corrected chi connectivity index (χ1v) is 10.5. The van der Waals surface area contributed by atoms with E-state index in [1.807, 2.05) is 0 Å². The second-order valence-corrected chi connectivity index (χ2v) is 8.00. The van der Waals surface area contributed by atoms with Crippen molar-refractivity contribution in [1.82, 2.24) is 15.5 Å². The van der Waals surface area contributed by atoms with E-state index in [2.05, 4.69) is 15.5 Å². The third-order valence-corrected chi connectivity index (χ3v) is 5.70. The number of ketones is 1. The maximum absolute atomic E-state index is 13.4. The molecule has 10 nitrogen and oxygen atoms in total. The summed E-state index contributed by atoms with van der Waals surface area (Å²) in [4.78, 5) is 42.2. The number of thiazole rings is 1. The molecule has 180 valence electrons. The molecule has 14 heteroatoms. The topological polar surface area (TPSA) is 157 Å². The van der Waals surface area contributed by atoms with E-state index in [9.17, 15) is 27.6 Å². The number of aromatic nitrogens is 2. The number of nitrogens with two attached hydrogens (primary N) is 2. The number of rotatable bonds is 10. The van der Waals surface area contributed by atoms with Gasteiger partial charge in [-0.25, -0.2) is 18.2 Å². The SMILES string of the molecule is C[C@H](C(N)=O)N(c1ccc(F)cc1)c1nc(N)c(C(=O)c2cc(C(=O)NC(CF)CF)no2)s1. The minimum Gasteiger partial charge on any atom is -0.382 e. The molecule has 0 unspecified atom stereocenters. The average Bonchev–Trinajstić information content (AvgIpc) is 3.45. The molecule has 2 heterocycles. The molecule has 1 aromatic carbocycles. The summed E-state index contributed by atoms with van der Waals surface area (Å²) >= 11 is 0.802. The van der Waals surface area contributed by atoms with Gasteiger partial charge in [-0.1, -0.05) is 16.5 Å². The lowest BCUT2D eigenvalue weighted by atomic mass is 10.2. The highest BCUT2D eigenvalue weighted by molar-refractivity contribution is 7.18. The lowest BCUT2D eigenvalue weighted by molar-refractivity contribution is -0.118. The van der Waals surface area contributed by atoms with E-state index in [-0.39, 0.29) is 27.3 Å². The van der Waals surface area contributed by atoms with Gasteiger partial charge in [0, 0.05) is 11.8 Å². The van der Waals surface area contributed by atoms with E-state index in [0.29, 0.717) is 5.69 Å². The molecule has 0 radical (unpaired) electrons. The fraction of sp³-hybridized carbons (Fsp3) is 0.250. The molecule has 0 aliphatic carbocycles. The third-order valence-electron chi connectivity index (χ3n) is 4.63. The van der Waals surface area contributed by atoms with E-state index in [4.69, 9.17) is 16.0 Å². The van der Waals surface area contributed by atoms with Gasteiger partial charge in [0.2, 0.25) is 17.5 Å². The summed E-state index contributed by atoms with van der Waals surface area (Å²) in [6.45, 7) is -0.755. The van der Waals surface area contributed by atoms with E-state index in [1.54, 1.807) is 0 Å². The number of primary amides is 1. The lowest BCUT2D eigenvalue weighted by Crippen LogP contribution is -2.39. The van der Waals surface area contributed by atoms with Crippen LogP contribution in [0, 0.1) is 5.82 Å². The van der Waals surface area contributed by atoms with Crippen molar-refractivity contribution in [2.45, 2.75) is 19.0 Å². The lowest BCUT2D eigenvalue weighted by Gasteiger charge is -2.26. The molecule has 0 bridgehead atoms. The van der Waals surface area contributed by atoms with Crippen LogP contribution in [0.25, 0.3) is 0 Å². The Hall–Kier alpha value is -3.94. The molecule has 2 amide bonds. The Morgan fingerprint density at radius 2 is 1.85 bits per heavy atom. The Kier molecular flexibility index (Phi) is 7.50. The van der Waals surface area contributed by atoms with Gasteiger partial charge in [0.05, 0.1) is 6.04 Å².